The van der Waals surface area contributed by atoms with Crippen LogP contribution in [0, 0.1) is 0 Å². The summed E-state index contributed by atoms with van der Waals surface area (Å²) in [6.45, 7) is 0.125. The molecule has 6 heteroatoms. The summed E-state index contributed by atoms with van der Waals surface area (Å²) in [4.78, 5) is 21.4. The van der Waals surface area contributed by atoms with E-state index in [9.17, 15) is 9.59 Å². The molecule has 0 saturated heterocycles. The van der Waals surface area contributed by atoms with Gasteiger partial charge in [0, 0.05) is 0 Å². The van der Waals surface area contributed by atoms with Gasteiger partial charge in [0.2, 0.25) is 0 Å². The molecule has 0 bridgehead atoms. The van der Waals surface area contributed by atoms with Crippen LogP contribution in [0.1, 0.15) is 12.0 Å². The normalized spacial score (nSPS) is 13.8. The van der Waals surface area contributed by atoms with E-state index in [0.717, 1.165) is 5.56 Å². The zero-order valence-electron chi connectivity index (χ0n) is 9.65. The van der Waals surface area contributed by atoms with Crippen molar-refractivity contribution < 1.29 is 24.5 Å². The fraction of sp³-hybridized carbons (Fsp3) is 0.333. The van der Waals surface area contributed by atoms with Gasteiger partial charge in [-0.3, -0.25) is 9.59 Å². The molecule has 1 aromatic carbocycles. The average molecular weight is 253 g/mol. The minimum absolute atomic E-state index is 0.125. The van der Waals surface area contributed by atoms with Gasteiger partial charge in [0.1, 0.15) is 6.04 Å². The van der Waals surface area contributed by atoms with Gasteiger partial charge in [0.25, 0.3) is 0 Å². The van der Waals surface area contributed by atoms with Crippen molar-refractivity contribution in [2.45, 2.75) is 25.2 Å². The maximum atomic E-state index is 10.7. The Balaban J connectivity index is 2.61. The summed E-state index contributed by atoms with van der Waals surface area (Å²) in [5.74, 6) is -2.43. The van der Waals surface area contributed by atoms with Crippen molar-refractivity contribution >= 4 is 11.9 Å². The second kappa shape index (κ2) is 6.73. The van der Waals surface area contributed by atoms with Crippen LogP contribution in [0.2, 0.25) is 0 Å². The lowest BCUT2D eigenvalue weighted by molar-refractivity contribution is -0.147. The van der Waals surface area contributed by atoms with Gasteiger partial charge in [0.15, 0.2) is 0 Å². The quantitative estimate of drug-likeness (QED) is 0.651. The summed E-state index contributed by atoms with van der Waals surface area (Å²) in [5, 5.41) is 17.4. The van der Waals surface area contributed by atoms with Crippen molar-refractivity contribution in [3.8, 4) is 0 Å². The third-order valence-electron chi connectivity index (χ3n) is 2.37. The molecule has 18 heavy (non-hydrogen) atoms. The Morgan fingerprint density at radius 3 is 2.33 bits per heavy atom. The first kappa shape index (κ1) is 14.1. The molecule has 2 atom stereocenters. The molecule has 0 aliphatic heterocycles. The lowest BCUT2D eigenvalue weighted by Gasteiger charge is -2.19. The first-order chi connectivity index (χ1) is 8.50. The smallest absolute Gasteiger partial charge is 0.323 e. The molecule has 0 unspecified atom stereocenters. The zero-order chi connectivity index (χ0) is 13.5. The molecule has 0 fully saturated rings. The van der Waals surface area contributed by atoms with Crippen LogP contribution in [0.5, 0.6) is 0 Å². The predicted octanol–water partition coefficient (Wildman–Crippen LogP) is 0.458. The van der Waals surface area contributed by atoms with Crippen molar-refractivity contribution in [2.24, 2.45) is 5.73 Å². The largest absolute Gasteiger partial charge is 0.481 e. The number of carboxylic acid groups (broad SMARTS) is 2. The standard InChI is InChI=1S/C12H15NO5/c13-11(12(16)17)9(6-10(14)15)18-7-8-4-2-1-3-5-8/h1-5,9,11H,6-7,13H2,(H,14,15)(H,16,17)/t9-,11+/m1/s1. The van der Waals surface area contributed by atoms with Gasteiger partial charge in [-0.1, -0.05) is 30.3 Å². The number of carbonyl (C=O) groups is 2. The van der Waals surface area contributed by atoms with Gasteiger partial charge in [-0.15, -0.1) is 0 Å². The minimum atomic E-state index is -1.36. The van der Waals surface area contributed by atoms with Gasteiger partial charge >= 0.3 is 11.9 Å². The van der Waals surface area contributed by atoms with Crippen LogP contribution >= 0.6 is 0 Å². The molecule has 4 N–H and O–H groups in total. The van der Waals surface area contributed by atoms with Crippen molar-refractivity contribution in [3.63, 3.8) is 0 Å². The lowest BCUT2D eigenvalue weighted by Crippen LogP contribution is -2.44. The van der Waals surface area contributed by atoms with Crippen molar-refractivity contribution in [1.29, 1.82) is 0 Å². The van der Waals surface area contributed by atoms with Crippen LogP contribution in [-0.4, -0.2) is 34.3 Å². The molecular weight excluding hydrogens is 238 g/mol. The number of carboxylic acids is 2. The number of benzene rings is 1. The average Bonchev–Trinajstić information content (AvgIpc) is 2.34. The van der Waals surface area contributed by atoms with Gasteiger partial charge in [-0.25, -0.2) is 0 Å². The number of rotatable bonds is 7. The van der Waals surface area contributed by atoms with Crippen molar-refractivity contribution in [2.75, 3.05) is 0 Å². The molecule has 98 valence electrons. The molecule has 0 spiro atoms. The van der Waals surface area contributed by atoms with Crippen LogP contribution in [0.25, 0.3) is 0 Å². The zero-order valence-corrected chi connectivity index (χ0v) is 9.65. The molecule has 0 saturated carbocycles. The number of hydrogen-bond donors (Lipinski definition) is 3. The maximum Gasteiger partial charge on any atom is 0.323 e. The van der Waals surface area contributed by atoms with Gasteiger partial charge in [0.05, 0.1) is 19.1 Å². The summed E-state index contributed by atoms with van der Waals surface area (Å²) in [5.41, 5.74) is 6.21. The van der Waals surface area contributed by atoms with Gasteiger partial charge < -0.3 is 20.7 Å². The molecule has 0 radical (unpaired) electrons. The van der Waals surface area contributed by atoms with E-state index in [4.69, 9.17) is 20.7 Å². The summed E-state index contributed by atoms with van der Waals surface area (Å²) < 4.78 is 5.28. The van der Waals surface area contributed by atoms with Crippen LogP contribution in [0.3, 0.4) is 0 Å². The van der Waals surface area contributed by atoms with E-state index >= 15 is 0 Å². The van der Waals surface area contributed by atoms with Gasteiger partial charge in [-0.05, 0) is 5.56 Å². The van der Waals surface area contributed by atoms with Crippen LogP contribution in [0.15, 0.2) is 30.3 Å². The molecule has 0 aliphatic rings. The molecule has 0 heterocycles. The Morgan fingerprint density at radius 2 is 1.83 bits per heavy atom. The van der Waals surface area contributed by atoms with Gasteiger partial charge in [-0.2, -0.15) is 0 Å². The Kier molecular flexibility index (Phi) is 5.29. The first-order valence-corrected chi connectivity index (χ1v) is 5.36. The Labute approximate surface area is 104 Å². The molecule has 1 rings (SSSR count). The second-order valence-electron chi connectivity index (χ2n) is 3.80. The lowest BCUT2D eigenvalue weighted by atomic mass is 10.1. The molecule has 1 aromatic rings. The second-order valence-corrected chi connectivity index (χ2v) is 3.80. The van der Waals surface area contributed by atoms with E-state index in [1.54, 1.807) is 12.1 Å². The number of ether oxygens (including phenoxy) is 1. The third kappa shape index (κ3) is 4.52. The number of hydrogen-bond acceptors (Lipinski definition) is 4. The summed E-state index contributed by atoms with van der Waals surface area (Å²) >= 11 is 0. The van der Waals surface area contributed by atoms with E-state index in [1.807, 2.05) is 18.2 Å². The summed E-state index contributed by atoms with van der Waals surface area (Å²) in [7, 11) is 0. The molecule has 0 amide bonds. The topological polar surface area (TPSA) is 110 Å². The highest BCUT2D eigenvalue weighted by molar-refractivity contribution is 5.76. The fourth-order valence-electron chi connectivity index (χ4n) is 1.40. The summed E-state index contributed by atoms with van der Waals surface area (Å²) in [6, 6.07) is 7.68. The Morgan fingerprint density at radius 1 is 1.22 bits per heavy atom. The minimum Gasteiger partial charge on any atom is -0.481 e. The van der Waals surface area contributed by atoms with E-state index < -0.39 is 30.5 Å². The molecular formula is C12H15NO5. The Bertz CT molecular complexity index is 406. The van der Waals surface area contributed by atoms with E-state index in [1.165, 1.54) is 0 Å². The maximum absolute atomic E-state index is 10.7. The third-order valence-corrected chi connectivity index (χ3v) is 2.37. The predicted molar refractivity (Wildman–Crippen MR) is 62.9 cm³/mol. The van der Waals surface area contributed by atoms with E-state index in [0.29, 0.717) is 0 Å². The Hall–Kier alpha value is -1.92. The van der Waals surface area contributed by atoms with E-state index in [-0.39, 0.29) is 6.61 Å². The fourth-order valence-corrected chi connectivity index (χ4v) is 1.40. The van der Waals surface area contributed by atoms with Crippen LogP contribution in [0.4, 0.5) is 0 Å². The van der Waals surface area contributed by atoms with Crippen molar-refractivity contribution in [3.05, 3.63) is 35.9 Å². The monoisotopic (exact) mass is 253 g/mol. The van der Waals surface area contributed by atoms with Crippen molar-refractivity contribution in [1.82, 2.24) is 0 Å². The highest BCUT2D eigenvalue weighted by Crippen LogP contribution is 2.09. The number of nitrogens with two attached hydrogens (primary N) is 1. The highest BCUT2D eigenvalue weighted by Gasteiger charge is 2.27. The first-order valence-electron chi connectivity index (χ1n) is 5.36. The van der Waals surface area contributed by atoms with Crippen LogP contribution < -0.4 is 5.73 Å². The molecule has 6 nitrogen and oxygen atoms in total. The summed E-state index contributed by atoms with van der Waals surface area (Å²) in [6.07, 6.45) is -1.50. The SMILES string of the molecule is N[C@H](C(=O)O)[C@@H](CC(=O)O)OCc1ccccc1. The van der Waals surface area contributed by atoms with E-state index in [2.05, 4.69) is 0 Å². The number of aliphatic carboxylic acids is 2. The highest BCUT2D eigenvalue weighted by atomic mass is 16.5. The molecule has 0 aliphatic carbocycles. The molecule has 0 aromatic heterocycles. The van der Waals surface area contributed by atoms with Crippen LogP contribution in [-0.2, 0) is 20.9 Å².